The monoisotopic (exact) mass is 813 g/mol. The summed E-state index contributed by atoms with van der Waals surface area (Å²) in [7, 11) is 1.27. The number of nitrogens with zero attached hydrogens (tertiary/aromatic N) is 3. The summed E-state index contributed by atoms with van der Waals surface area (Å²) in [6, 6.07) is 30.8. The van der Waals surface area contributed by atoms with Gasteiger partial charge in [0, 0.05) is 60.6 Å². The lowest BCUT2D eigenvalue weighted by Crippen LogP contribution is -2.47. The summed E-state index contributed by atoms with van der Waals surface area (Å²) >= 11 is 3.32. The highest BCUT2D eigenvalue weighted by Crippen LogP contribution is 2.36. The Balaban J connectivity index is 1.08. The number of nitro benzene ring substituents is 1. The van der Waals surface area contributed by atoms with Gasteiger partial charge in [0.2, 0.25) is 0 Å². The quantitative estimate of drug-likeness (QED) is 0.0538. The van der Waals surface area contributed by atoms with E-state index in [-0.39, 0.29) is 27.8 Å². The molecule has 294 valence electrons. The number of anilines is 2. The van der Waals surface area contributed by atoms with Crippen LogP contribution in [0.2, 0.25) is 0 Å². The van der Waals surface area contributed by atoms with Gasteiger partial charge in [0.15, 0.2) is 0 Å². The summed E-state index contributed by atoms with van der Waals surface area (Å²) < 4.78 is 35.0. The molecule has 4 aromatic carbocycles. The maximum atomic E-state index is 13.4. The van der Waals surface area contributed by atoms with Gasteiger partial charge in [-0.15, -0.1) is 11.8 Å². The zero-order valence-electron chi connectivity index (χ0n) is 31.7. The van der Waals surface area contributed by atoms with E-state index in [4.69, 9.17) is 4.74 Å². The van der Waals surface area contributed by atoms with Crippen LogP contribution >= 0.6 is 23.1 Å². The lowest BCUT2D eigenvalue weighted by Gasteiger charge is -2.42. The van der Waals surface area contributed by atoms with Crippen molar-refractivity contribution in [2.75, 3.05) is 56.8 Å². The van der Waals surface area contributed by atoms with E-state index in [1.807, 2.05) is 49.3 Å². The third kappa shape index (κ3) is 10.4. The van der Waals surface area contributed by atoms with Crippen LogP contribution in [0.15, 0.2) is 124 Å². The standard InChI is InChI=1S/C42H47N5O6S3/c1-45(2)23-19-34(30-55-36-10-5-4-6-11-36)43-39-18-17-37(27-40(39)47(49)50)56(51,52)44-41(48)31-13-15-35(16-14-31)46-24-21-42(53-3,22-25-46)28-32-9-7-8-12-38(32)33-20-26-54-29-33/h4-18,20,26-27,29,34,43H,19,21-25,28,30H2,1-3H3,(H,44,48)/t34-/m1/s1. The fourth-order valence-corrected chi connectivity index (χ4v) is 9.55. The summed E-state index contributed by atoms with van der Waals surface area (Å²) in [5.74, 6) is -0.189. The zero-order chi connectivity index (χ0) is 39.7. The molecule has 0 radical (unpaired) electrons. The Bertz CT molecular complexity index is 2190. The summed E-state index contributed by atoms with van der Waals surface area (Å²) in [6.07, 6.45) is 3.12. The second-order valence-corrected chi connectivity index (χ2v) is 17.8. The minimum Gasteiger partial charge on any atom is -0.378 e. The van der Waals surface area contributed by atoms with Crippen molar-refractivity contribution in [3.63, 3.8) is 0 Å². The molecule has 0 aliphatic carbocycles. The Morgan fingerprint density at radius 2 is 1.71 bits per heavy atom. The minimum absolute atomic E-state index is 0.141. The Morgan fingerprint density at radius 3 is 2.38 bits per heavy atom. The number of amides is 1. The van der Waals surface area contributed by atoms with Gasteiger partial charge in [-0.2, -0.15) is 11.3 Å². The van der Waals surface area contributed by atoms with Gasteiger partial charge in [0.05, 0.1) is 15.4 Å². The third-order valence-electron chi connectivity index (χ3n) is 10.1. The number of hydrogen-bond acceptors (Lipinski definition) is 11. The molecule has 2 N–H and O–H groups in total. The van der Waals surface area contributed by atoms with Gasteiger partial charge in [-0.05, 0) is 122 Å². The van der Waals surface area contributed by atoms with E-state index in [2.05, 4.69) is 56.0 Å². The molecule has 1 aromatic heterocycles. The minimum atomic E-state index is -4.43. The Kier molecular flexibility index (Phi) is 13.5. The Labute approximate surface area is 337 Å². The first-order chi connectivity index (χ1) is 26.9. The van der Waals surface area contributed by atoms with Gasteiger partial charge in [-0.3, -0.25) is 14.9 Å². The van der Waals surface area contributed by atoms with Gasteiger partial charge in [-0.1, -0.05) is 42.5 Å². The Morgan fingerprint density at radius 1 is 1.00 bits per heavy atom. The number of ether oxygens (including phenoxy) is 1. The maximum absolute atomic E-state index is 13.4. The molecule has 56 heavy (non-hydrogen) atoms. The van der Waals surface area contributed by atoms with Crippen molar-refractivity contribution >= 4 is 56.1 Å². The maximum Gasteiger partial charge on any atom is 0.293 e. The fraction of sp³-hybridized carbons (Fsp3) is 0.310. The van der Waals surface area contributed by atoms with Crippen molar-refractivity contribution in [1.82, 2.24) is 9.62 Å². The van der Waals surface area contributed by atoms with E-state index in [0.29, 0.717) is 12.2 Å². The molecule has 2 heterocycles. The molecule has 0 unspecified atom stereocenters. The van der Waals surface area contributed by atoms with Crippen LogP contribution in [0.1, 0.15) is 35.2 Å². The van der Waals surface area contributed by atoms with Gasteiger partial charge >= 0.3 is 0 Å². The van der Waals surface area contributed by atoms with E-state index in [1.54, 1.807) is 54.5 Å². The molecule has 0 saturated carbocycles. The number of methoxy groups -OCH3 is 1. The molecule has 1 atom stereocenters. The highest BCUT2D eigenvalue weighted by Gasteiger charge is 2.36. The average Bonchev–Trinajstić information content (AvgIpc) is 3.75. The number of carbonyl (C=O) groups excluding carboxylic acids is 1. The third-order valence-corrected chi connectivity index (χ3v) is 13.3. The van der Waals surface area contributed by atoms with E-state index >= 15 is 0 Å². The fourth-order valence-electron chi connectivity index (χ4n) is 6.91. The van der Waals surface area contributed by atoms with Crippen molar-refractivity contribution in [3.8, 4) is 11.1 Å². The first kappa shape index (κ1) is 40.9. The predicted octanol–water partition coefficient (Wildman–Crippen LogP) is 8.19. The first-order valence-corrected chi connectivity index (χ1v) is 21.8. The predicted molar refractivity (Wildman–Crippen MR) is 227 cm³/mol. The SMILES string of the molecule is COC1(Cc2ccccc2-c2ccsc2)CCN(c2ccc(C(=O)NS(=O)(=O)c3ccc(N[C@H](CCN(C)C)CSc4ccccc4)c([N+](=O)[O-])c3)cc2)CC1. The highest BCUT2D eigenvalue weighted by atomic mass is 32.2. The van der Waals surface area contributed by atoms with Crippen molar-refractivity contribution in [2.24, 2.45) is 0 Å². The molecular formula is C42H47N5O6S3. The highest BCUT2D eigenvalue weighted by molar-refractivity contribution is 7.99. The number of carbonyl (C=O) groups is 1. The van der Waals surface area contributed by atoms with Crippen LogP contribution in [0.25, 0.3) is 11.1 Å². The number of rotatable bonds is 17. The summed E-state index contributed by atoms with van der Waals surface area (Å²) in [6.45, 7) is 2.25. The average molecular weight is 814 g/mol. The smallest absolute Gasteiger partial charge is 0.293 e. The summed E-state index contributed by atoms with van der Waals surface area (Å²) in [4.78, 5) is 29.8. The number of thioether (sulfide) groups is 1. The normalized spacial score (nSPS) is 14.7. The largest absolute Gasteiger partial charge is 0.378 e. The van der Waals surface area contributed by atoms with E-state index in [1.165, 1.54) is 28.8 Å². The molecular weight excluding hydrogens is 767 g/mol. The second-order valence-electron chi connectivity index (χ2n) is 14.2. The second kappa shape index (κ2) is 18.5. The first-order valence-electron chi connectivity index (χ1n) is 18.4. The Hall–Kier alpha value is -4.73. The molecule has 1 saturated heterocycles. The van der Waals surface area contributed by atoms with Crippen molar-refractivity contribution in [1.29, 1.82) is 0 Å². The zero-order valence-corrected chi connectivity index (χ0v) is 34.2. The van der Waals surface area contributed by atoms with Crippen molar-refractivity contribution in [3.05, 3.63) is 135 Å². The van der Waals surface area contributed by atoms with Crippen LogP contribution in [-0.2, 0) is 21.2 Å². The van der Waals surface area contributed by atoms with Crippen LogP contribution in [0.5, 0.6) is 0 Å². The molecule has 0 spiro atoms. The van der Waals surface area contributed by atoms with E-state index in [0.717, 1.165) is 55.5 Å². The van der Waals surface area contributed by atoms with Crippen LogP contribution in [0.4, 0.5) is 17.1 Å². The number of thiophene rings is 1. The molecule has 6 rings (SSSR count). The van der Waals surface area contributed by atoms with E-state index < -0.39 is 26.5 Å². The van der Waals surface area contributed by atoms with Gasteiger partial charge in [-0.25, -0.2) is 13.1 Å². The van der Waals surface area contributed by atoms with Crippen LogP contribution in [-0.4, -0.2) is 82.4 Å². The number of sulfonamides is 1. The molecule has 1 aliphatic heterocycles. The molecule has 14 heteroatoms. The molecule has 1 aliphatic rings. The summed E-state index contributed by atoms with van der Waals surface area (Å²) in [5, 5.41) is 19.7. The number of nitro groups is 1. The molecule has 11 nitrogen and oxygen atoms in total. The number of piperidine rings is 1. The van der Waals surface area contributed by atoms with Gasteiger partial charge < -0.3 is 19.9 Å². The molecule has 0 bridgehead atoms. The molecule has 1 amide bonds. The molecule has 5 aromatic rings. The van der Waals surface area contributed by atoms with Gasteiger partial charge in [0.25, 0.3) is 21.6 Å². The number of hydrogen-bond donors (Lipinski definition) is 2. The van der Waals surface area contributed by atoms with E-state index in [9.17, 15) is 23.3 Å². The van der Waals surface area contributed by atoms with Crippen LogP contribution < -0.4 is 14.9 Å². The van der Waals surface area contributed by atoms with Crippen LogP contribution in [0.3, 0.4) is 0 Å². The van der Waals surface area contributed by atoms with Gasteiger partial charge in [0.1, 0.15) is 5.69 Å². The summed E-state index contributed by atoms with van der Waals surface area (Å²) in [5.41, 5.74) is 4.26. The topological polar surface area (TPSA) is 134 Å². The molecule has 1 fully saturated rings. The van der Waals surface area contributed by atoms with Crippen molar-refractivity contribution < 1.29 is 22.9 Å². The number of benzene rings is 4. The van der Waals surface area contributed by atoms with Crippen LogP contribution in [0, 0.1) is 10.1 Å². The van der Waals surface area contributed by atoms with Crippen molar-refractivity contribution in [2.45, 2.75) is 47.1 Å². The lowest BCUT2D eigenvalue weighted by atomic mass is 9.83. The number of nitrogens with one attached hydrogen (secondary N) is 2. The lowest BCUT2D eigenvalue weighted by molar-refractivity contribution is -0.384.